The van der Waals surface area contributed by atoms with Gasteiger partial charge in [-0.25, -0.2) is 4.98 Å². The van der Waals surface area contributed by atoms with E-state index in [1.807, 2.05) is 34.5 Å². The molecule has 0 atom stereocenters. The highest BCUT2D eigenvalue weighted by molar-refractivity contribution is 7.09. The second kappa shape index (κ2) is 8.15. The predicted octanol–water partition coefficient (Wildman–Crippen LogP) is 4.57. The van der Waals surface area contributed by atoms with Crippen LogP contribution in [0.3, 0.4) is 0 Å². The lowest BCUT2D eigenvalue weighted by Crippen LogP contribution is -2.37. The largest absolute Gasteiger partial charge is 0.495 e. The van der Waals surface area contributed by atoms with Crippen LogP contribution in [0.2, 0.25) is 0 Å². The Morgan fingerprint density at radius 3 is 2.82 bits per heavy atom. The first-order chi connectivity index (χ1) is 13.7. The summed E-state index contributed by atoms with van der Waals surface area (Å²) in [5.74, 6) is 0.859. The molecule has 0 fully saturated rings. The van der Waals surface area contributed by atoms with E-state index in [0.29, 0.717) is 6.42 Å². The fourth-order valence-corrected chi connectivity index (χ4v) is 4.63. The number of anilines is 1. The number of hydrogen-bond acceptors (Lipinski definition) is 4. The average Bonchev–Trinajstić information content (AvgIpc) is 3.15. The number of carbonyl (C=O) groups is 1. The average molecular weight is 393 g/mol. The molecular weight excluding hydrogens is 368 g/mol. The van der Waals surface area contributed by atoms with Crippen molar-refractivity contribution >= 4 is 22.9 Å². The van der Waals surface area contributed by atoms with Gasteiger partial charge in [-0.15, -0.1) is 11.3 Å². The molecule has 0 saturated heterocycles. The highest BCUT2D eigenvalue weighted by atomic mass is 32.1. The molecule has 0 aliphatic carbocycles. The number of aryl methyl sites for hydroxylation is 1. The number of carbonyl (C=O) groups excluding carboxylic acids is 1. The smallest absolute Gasteiger partial charge is 0.233 e. The van der Waals surface area contributed by atoms with Crippen molar-refractivity contribution in [2.75, 3.05) is 18.6 Å². The number of methoxy groups -OCH3 is 1. The fourth-order valence-electron chi connectivity index (χ4n) is 3.80. The van der Waals surface area contributed by atoms with Gasteiger partial charge in [-0.3, -0.25) is 4.79 Å². The summed E-state index contributed by atoms with van der Waals surface area (Å²) >= 11 is 1.62. The third-order valence-electron chi connectivity index (χ3n) is 5.21. The van der Waals surface area contributed by atoms with Crippen LogP contribution in [-0.4, -0.2) is 24.5 Å². The molecule has 144 valence electrons. The Morgan fingerprint density at radius 1 is 1.21 bits per heavy atom. The molecule has 0 saturated carbocycles. The summed E-state index contributed by atoms with van der Waals surface area (Å²) in [6, 6.07) is 14.3. The maximum absolute atomic E-state index is 13.1. The molecule has 28 heavy (non-hydrogen) atoms. The Bertz CT molecular complexity index is 982. The quantitative estimate of drug-likeness (QED) is 0.639. The second-order valence-corrected chi connectivity index (χ2v) is 8.08. The van der Waals surface area contributed by atoms with E-state index in [1.165, 1.54) is 16.7 Å². The van der Waals surface area contributed by atoms with Gasteiger partial charge in [0.25, 0.3) is 0 Å². The molecule has 1 aliphatic heterocycles. The lowest BCUT2D eigenvalue weighted by Gasteiger charge is -2.32. The summed E-state index contributed by atoms with van der Waals surface area (Å²) in [4.78, 5) is 19.7. The van der Waals surface area contributed by atoms with Crippen molar-refractivity contribution in [2.45, 2.75) is 32.6 Å². The van der Waals surface area contributed by atoms with Gasteiger partial charge < -0.3 is 9.64 Å². The van der Waals surface area contributed by atoms with Gasteiger partial charge in [-0.1, -0.05) is 36.4 Å². The monoisotopic (exact) mass is 392 g/mol. The van der Waals surface area contributed by atoms with Crippen molar-refractivity contribution < 1.29 is 9.53 Å². The zero-order valence-corrected chi connectivity index (χ0v) is 17.1. The molecule has 0 radical (unpaired) electrons. The van der Waals surface area contributed by atoms with E-state index < -0.39 is 0 Å². The van der Waals surface area contributed by atoms with Crippen LogP contribution in [0.1, 0.15) is 33.8 Å². The highest BCUT2D eigenvalue weighted by Gasteiger charge is 2.27. The predicted molar refractivity (Wildman–Crippen MR) is 113 cm³/mol. The molecule has 0 spiro atoms. The van der Waals surface area contributed by atoms with Gasteiger partial charge in [0.2, 0.25) is 5.91 Å². The molecule has 1 amide bonds. The number of hydrogen-bond donors (Lipinski definition) is 0. The first-order valence-electron chi connectivity index (χ1n) is 9.59. The van der Waals surface area contributed by atoms with Gasteiger partial charge in [0.15, 0.2) is 0 Å². The molecule has 1 aliphatic rings. The molecule has 4 rings (SSSR count). The Balaban J connectivity index is 1.52. The number of thiazole rings is 1. The SMILES string of the molecule is COc1ccc(C)c2c1N(C(=O)Cc1csc(Cc3ccccc3)n1)CCC2. The lowest BCUT2D eigenvalue weighted by atomic mass is 9.96. The van der Waals surface area contributed by atoms with Crippen LogP contribution in [-0.2, 0) is 24.1 Å². The van der Waals surface area contributed by atoms with Crippen LogP contribution in [0.5, 0.6) is 5.75 Å². The molecule has 0 N–H and O–H groups in total. The van der Waals surface area contributed by atoms with Gasteiger partial charge in [-0.2, -0.15) is 0 Å². The van der Waals surface area contributed by atoms with Crippen LogP contribution in [0, 0.1) is 6.92 Å². The van der Waals surface area contributed by atoms with Crippen molar-refractivity contribution in [1.29, 1.82) is 0 Å². The summed E-state index contributed by atoms with van der Waals surface area (Å²) in [5.41, 5.74) is 5.46. The third kappa shape index (κ3) is 3.80. The Hall–Kier alpha value is -2.66. The molecular formula is C23H24N2O2S. The van der Waals surface area contributed by atoms with E-state index in [-0.39, 0.29) is 5.91 Å². The fraction of sp³-hybridized carbons (Fsp3) is 0.304. The van der Waals surface area contributed by atoms with E-state index in [2.05, 4.69) is 25.1 Å². The van der Waals surface area contributed by atoms with E-state index in [1.54, 1.807) is 18.4 Å². The Labute approximate surface area is 169 Å². The zero-order valence-electron chi connectivity index (χ0n) is 16.3. The van der Waals surface area contributed by atoms with Crippen LogP contribution in [0.4, 0.5) is 5.69 Å². The van der Waals surface area contributed by atoms with Gasteiger partial charge in [0, 0.05) is 18.3 Å². The minimum Gasteiger partial charge on any atom is -0.495 e. The first kappa shape index (κ1) is 18.7. The maximum atomic E-state index is 13.1. The Kier molecular flexibility index (Phi) is 5.44. The molecule has 1 aromatic heterocycles. The van der Waals surface area contributed by atoms with E-state index in [9.17, 15) is 4.79 Å². The summed E-state index contributed by atoms with van der Waals surface area (Å²) in [7, 11) is 1.67. The standard InChI is InChI=1S/C23H24N2O2S/c1-16-10-11-20(27-2)23-19(16)9-6-12-25(23)22(26)14-18-15-28-21(24-18)13-17-7-4-3-5-8-17/h3-5,7-8,10-11,15H,6,9,12-14H2,1-2H3. The number of ether oxygens (including phenoxy) is 1. The normalized spacial score (nSPS) is 13.3. The van der Waals surface area contributed by atoms with Crippen LogP contribution in [0.15, 0.2) is 47.8 Å². The summed E-state index contributed by atoms with van der Waals surface area (Å²) in [6.45, 7) is 2.83. The first-order valence-corrected chi connectivity index (χ1v) is 10.5. The number of fused-ring (bicyclic) bond motifs is 1. The molecule has 2 aromatic carbocycles. The van der Waals surface area contributed by atoms with Gasteiger partial charge in [-0.05, 0) is 42.5 Å². The highest BCUT2D eigenvalue weighted by Crippen LogP contribution is 2.38. The van der Waals surface area contributed by atoms with Crippen molar-refractivity contribution in [3.8, 4) is 5.75 Å². The molecule has 0 bridgehead atoms. The molecule has 2 heterocycles. The topological polar surface area (TPSA) is 42.4 Å². The molecule has 3 aromatic rings. The molecule has 5 heteroatoms. The minimum atomic E-state index is 0.0846. The van der Waals surface area contributed by atoms with Gasteiger partial charge in [0.05, 0.1) is 29.9 Å². The van der Waals surface area contributed by atoms with Crippen LogP contribution < -0.4 is 9.64 Å². The van der Waals surface area contributed by atoms with Crippen LogP contribution in [0.25, 0.3) is 0 Å². The number of benzene rings is 2. The third-order valence-corrected chi connectivity index (χ3v) is 6.11. The number of amides is 1. The number of aromatic nitrogens is 1. The van der Waals surface area contributed by atoms with Crippen LogP contribution >= 0.6 is 11.3 Å². The van der Waals surface area contributed by atoms with Gasteiger partial charge in [0.1, 0.15) is 5.75 Å². The van der Waals surface area contributed by atoms with E-state index in [4.69, 9.17) is 9.72 Å². The number of nitrogens with zero attached hydrogens (tertiary/aromatic N) is 2. The maximum Gasteiger partial charge on any atom is 0.233 e. The van der Waals surface area contributed by atoms with Gasteiger partial charge >= 0.3 is 0 Å². The van der Waals surface area contributed by atoms with Crippen molar-refractivity contribution in [1.82, 2.24) is 4.98 Å². The zero-order chi connectivity index (χ0) is 19.5. The van der Waals surface area contributed by atoms with E-state index in [0.717, 1.165) is 47.9 Å². The van der Waals surface area contributed by atoms with Crippen molar-refractivity contribution in [3.05, 3.63) is 75.2 Å². The second-order valence-electron chi connectivity index (χ2n) is 7.13. The Morgan fingerprint density at radius 2 is 2.04 bits per heavy atom. The molecule has 4 nitrogen and oxygen atoms in total. The van der Waals surface area contributed by atoms with E-state index >= 15 is 0 Å². The number of rotatable bonds is 5. The summed E-state index contributed by atoms with van der Waals surface area (Å²) < 4.78 is 5.56. The van der Waals surface area contributed by atoms with Crippen molar-refractivity contribution in [3.63, 3.8) is 0 Å². The summed E-state index contributed by atoms with van der Waals surface area (Å²) in [5, 5.41) is 3.05. The molecule has 0 unspecified atom stereocenters. The van der Waals surface area contributed by atoms with Crippen molar-refractivity contribution in [2.24, 2.45) is 0 Å². The lowest BCUT2D eigenvalue weighted by molar-refractivity contribution is -0.118. The summed E-state index contributed by atoms with van der Waals surface area (Å²) in [6.07, 6.45) is 3.09. The minimum absolute atomic E-state index is 0.0846.